The Morgan fingerprint density at radius 1 is 1.57 bits per heavy atom. The topological polar surface area (TPSA) is 66.6 Å². The molecule has 0 bridgehead atoms. The third-order valence-corrected chi connectivity index (χ3v) is 4.27. The Morgan fingerprint density at radius 2 is 2.33 bits per heavy atom. The predicted molar refractivity (Wildman–Crippen MR) is 78.9 cm³/mol. The highest BCUT2D eigenvalue weighted by Crippen LogP contribution is 2.37. The van der Waals surface area contributed by atoms with Gasteiger partial charge in [0.15, 0.2) is 0 Å². The SMILES string of the molecule is CC1CCN(C(=O)CC(CN)CO)C1c1cccc(F)c1. The number of aliphatic hydroxyl groups excluding tert-OH is 1. The van der Waals surface area contributed by atoms with Crippen molar-refractivity contribution >= 4 is 5.91 Å². The number of carbonyl (C=O) groups excluding carboxylic acids is 1. The molecule has 0 spiro atoms. The van der Waals surface area contributed by atoms with Crippen LogP contribution in [0.25, 0.3) is 0 Å². The van der Waals surface area contributed by atoms with Crippen LogP contribution in [0.3, 0.4) is 0 Å². The number of hydrogen-bond donors (Lipinski definition) is 2. The maximum absolute atomic E-state index is 13.4. The number of hydrogen-bond acceptors (Lipinski definition) is 3. The molecular weight excluding hydrogens is 271 g/mol. The lowest BCUT2D eigenvalue weighted by Gasteiger charge is -2.28. The molecule has 21 heavy (non-hydrogen) atoms. The van der Waals surface area contributed by atoms with E-state index in [1.807, 2.05) is 6.07 Å². The van der Waals surface area contributed by atoms with E-state index >= 15 is 0 Å². The van der Waals surface area contributed by atoms with Crippen LogP contribution in [0.2, 0.25) is 0 Å². The second-order valence-electron chi connectivity index (χ2n) is 5.84. The zero-order chi connectivity index (χ0) is 15.4. The van der Waals surface area contributed by atoms with Crippen molar-refractivity contribution in [3.8, 4) is 0 Å². The van der Waals surface area contributed by atoms with Gasteiger partial charge in [-0.05, 0) is 36.6 Å². The number of benzene rings is 1. The quantitative estimate of drug-likeness (QED) is 0.868. The lowest BCUT2D eigenvalue weighted by molar-refractivity contribution is -0.133. The molecule has 1 amide bonds. The van der Waals surface area contributed by atoms with E-state index in [2.05, 4.69) is 6.92 Å². The molecule has 5 heteroatoms. The Bertz CT molecular complexity index is 491. The van der Waals surface area contributed by atoms with Crippen LogP contribution < -0.4 is 5.73 Å². The van der Waals surface area contributed by atoms with Crippen LogP contribution in [0.4, 0.5) is 4.39 Å². The average Bonchev–Trinajstić information content (AvgIpc) is 2.86. The maximum atomic E-state index is 13.4. The third kappa shape index (κ3) is 3.60. The van der Waals surface area contributed by atoms with Crippen molar-refractivity contribution in [2.24, 2.45) is 17.6 Å². The molecule has 3 unspecified atom stereocenters. The lowest BCUT2D eigenvalue weighted by Crippen LogP contribution is -2.35. The van der Waals surface area contributed by atoms with Gasteiger partial charge in [-0.2, -0.15) is 0 Å². The predicted octanol–water partition coefficient (Wildman–Crippen LogP) is 1.69. The molecule has 0 aliphatic carbocycles. The van der Waals surface area contributed by atoms with Crippen LogP contribution in [0.15, 0.2) is 24.3 Å². The molecule has 0 aromatic heterocycles. The smallest absolute Gasteiger partial charge is 0.223 e. The normalized spacial score (nSPS) is 23.3. The molecule has 0 saturated carbocycles. The molecule has 4 nitrogen and oxygen atoms in total. The monoisotopic (exact) mass is 294 g/mol. The fourth-order valence-corrected chi connectivity index (χ4v) is 3.01. The molecule has 1 saturated heterocycles. The molecule has 1 aliphatic rings. The minimum absolute atomic E-state index is 0.0156. The first-order valence-electron chi connectivity index (χ1n) is 7.42. The fraction of sp³-hybridized carbons (Fsp3) is 0.562. The van der Waals surface area contributed by atoms with Gasteiger partial charge in [0.2, 0.25) is 5.91 Å². The molecule has 2 rings (SSSR count). The average molecular weight is 294 g/mol. The molecule has 3 N–H and O–H groups in total. The minimum atomic E-state index is -0.283. The van der Waals surface area contributed by atoms with Gasteiger partial charge in [0, 0.05) is 25.5 Å². The molecule has 3 atom stereocenters. The fourth-order valence-electron chi connectivity index (χ4n) is 3.01. The van der Waals surface area contributed by atoms with Crippen LogP contribution in [-0.2, 0) is 4.79 Å². The highest BCUT2D eigenvalue weighted by molar-refractivity contribution is 5.77. The van der Waals surface area contributed by atoms with Gasteiger partial charge in [-0.3, -0.25) is 4.79 Å². The van der Waals surface area contributed by atoms with Crippen molar-refractivity contribution in [3.63, 3.8) is 0 Å². The maximum Gasteiger partial charge on any atom is 0.223 e. The van der Waals surface area contributed by atoms with E-state index in [1.54, 1.807) is 11.0 Å². The number of nitrogens with two attached hydrogens (primary N) is 1. The van der Waals surface area contributed by atoms with Crippen LogP contribution in [-0.4, -0.2) is 35.6 Å². The minimum Gasteiger partial charge on any atom is -0.396 e. The first-order chi connectivity index (χ1) is 10.1. The van der Waals surface area contributed by atoms with E-state index in [4.69, 9.17) is 5.73 Å². The molecular formula is C16H23FN2O2. The van der Waals surface area contributed by atoms with Gasteiger partial charge >= 0.3 is 0 Å². The summed E-state index contributed by atoms with van der Waals surface area (Å²) in [5.41, 5.74) is 6.38. The van der Waals surface area contributed by atoms with Gasteiger partial charge in [0.25, 0.3) is 0 Å². The van der Waals surface area contributed by atoms with E-state index in [-0.39, 0.29) is 43.3 Å². The number of nitrogens with zero attached hydrogens (tertiary/aromatic N) is 1. The van der Waals surface area contributed by atoms with E-state index in [0.717, 1.165) is 12.0 Å². The van der Waals surface area contributed by atoms with Crippen LogP contribution >= 0.6 is 0 Å². The standard InChI is InChI=1S/C16H23FN2O2/c1-11-5-6-19(15(21)7-12(9-18)10-20)16(11)13-3-2-4-14(17)8-13/h2-4,8,11-12,16,20H,5-7,9-10,18H2,1H3. The molecule has 0 radical (unpaired) electrons. The van der Waals surface area contributed by atoms with Gasteiger partial charge in [0.05, 0.1) is 6.04 Å². The van der Waals surface area contributed by atoms with Gasteiger partial charge in [-0.25, -0.2) is 4.39 Å². The van der Waals surface area contributed by atoms with Gasteiger partial charge in [-0.15, -0.1) is 0 Å². The summed E-state index contributed by atoms with van der Waals surface area (Å²) in [5.74, 6) is -0.213. The van der Waals surface area contributed by atoms with Crippen molar-refractivity contribution in [1.29, 1.82) is 0 Å². The lowest BCUT2D eigenvalue weighted by atomic mass is 9.95. The first kappa shape index (κ1) is 15.9. The van der Waals surface area contributed by atoms with E-state index in [0.29, 0.717) is 12.5 Å². The summed E-state index contributed by atoms with van der Waals surface area (Å²) in [6.07, 6.45) is 1.14. The summed E-state index contributed by atoms with van der Waals surface area (Å²) in [5, 5.41) is 9.19. The zero-order valence-corrected chi connectivity index (χ0v) is 12.3. The molecule has 1 aromatic carbocycles. The Balaban J connectivity index is 2.16. The summed E-state index contributed by atoms with van der Waals surface area (Å²) >= 11 is 0. The van der Waals surface area contributed by atoms with Crippen molar-refractivity contribution in [2.45, 2.75) is 25.8 Å². The summed E-state index contributed by atoms with van der Waals surface area (Å²) in [6.45, 7) is 2.95. The van der Waals surface area contributed by atoms with Gasteiger partial charge in [0.1, 0.15) is 5.82 Å². The van der Waals surface area contributed by atoms with Crippen molar-refractivity contribution in [3.05, 3.63) is 35.6 Å². The zero-order valence-electron chi connectivity index (χ0n) is 12.3. The van der Waals surface area contributed by atoms with Crippen molar-refractivity contribution in [2.75, 3.05) is 19.7 Å². The molecule has 1 heterocycles. The van der Waals surface area contributed by atoms with Crippen molar-refractivity contribution in [1.82, 2.24) is 4.90 Å². The third-order valence-electron chi connectivity index (χ3n) is 4.27. The Morgan fingerprint density at radius 3 is 2.95 bits per heavy atom. The molecule has 116 valence electrons. The molecule has 1 fully saturated rings. The van der Waals surface area contributed by atoms with Crippen molar-refractivity contribution < 1.29 is 14.3 Å². The molecule has 1 aliphatic heterocycles. The highest BCUT2D eigenvalue weighted by atomic mass is 19.1. The Kier molecular flexibility index (Phi) is 5.31. The van der Waals surface area contributed by atoms with E-state index < -0.39 is 0 Å². The first-order valence-corrected chi connectivity index (χ1v) is 7.42. The van der Waals surface area contributed by atoms with E-state index in [1.165, 1.54) is 12.1 Å². The highest BCUT2D eigenvalue weighted by Gasteiger charge is 2.35. The number of carbonyl (C=O) groups is 1. The number of rotatable bonds is 5. The van der Waals surface area contributed by atoms with Crippen LogP contribution in [0.5, 0.6) is 0 Å². The summed E-state index contributed by atoms with van der Waals surface area (Å²) in [6, 6.07) is 6.35. The van der Waals surface area contributed by atoms with Gasteiger partial charge < -0.3 is 15.7 Å². The summed E-state index contributed by atoms with van der Waals surface area (Å²) in [7, 11) is 0. The second-order valence-corrected chi connectivity index (χ2v) is 5.84. The summed E-state index contributed by atoms with van der Waals surface area (Å²) < 4.78 is 13.4. The number of likely N-dealkylation sites (tertiary alicyclic amines) is 1. The Hall–Kier alpha value is -1.46. The second kappa shape index (κ2) is 7.00. The number of halogens is 1. The Labute approximate surface area is 124 Å². The summed E-state index contributed by atoms with van der Waals surface area (Å²) in [4.78, 5) is 14.3. The van der Waals surface area contributed by atoms with Crippen LogP contribution in [0.1, 0.15) is 31.4 Å². The largest absolute Gasteiger partial charge is 0.396 e. The van der Waals surface area contributed by atoms with Crippen LogP contribution in [0, 0.1) is 17.7 Å². The number of aliphatic hydroxyl groups is 1. The number of amides is 1. The molecule has 1 aromatic rings. The van der Waals surface area contributed by atoms with Gasteiger partial charge in [-0.1, -0.05) is 19.1 Å². The van der Waals surface area contributed by atoms with E-state index in [9.17, 15) is 14.3 Å².